The molecule has 0 fully saturated rings. The van der Waals surface area contributed by atoms with Crippen LogP contribution in [0.1, 0.15) is 0 Å². The van der Waals surface area contributed by atoms with E-state index in [4.69, 9.17) is 9.07 Å². The van der Waals surface area contributed by atoms with Gasteiger partial charge in [-0.05, 0) is 53.6 Å². The monoisotopic (exact) mass is 504 g/mol. The van der Waals surface area contributed by atoms with Gasteiger partial charge in [-0.1, -0.05) is 84.9 Å². The lowest BCUT2D eigenvalue weighted by Crippen LogP contribution is -2.11. The summed E-state index contributed by atoms with van der Waals surface area (Å²) >= 11 is 0. The topological polar surface area (TPSA) is 45.8 Å². The summed E-state index contributed by atoms with van der Waals surface area (Å²) in [5.74, 6) is 0.587. The van der Waals surface area contributed by atoms with E-state index >= 15 is 0 Å². The van der Waals surface area contributed by atoms with Crippen LogP contribution in [0.15, 0.2) is 138 Å². The molecule has 6 aromatic carbocycles. The Kier molecular flexibility index (Phi) is 5.76. The second-order valence-electron chi connectivity index (χ2n) is 9.38. The fourth-order valence-electron chi connectivity index (χ4n) is 5.32. The van der Waals surface area contributed by atoms with Gasteiger partial charge in [-0.15, -0.1) is 0 Å². The maximum absolute atomic E-state index is 9.33. The van der Waals surface area contributed by atoms with E-state index in [9.17, 15) is 5.02 Å². The third kappa shape index (κ3) is 4.10. The lowest BCUT2D eigenvalue weighted by Gasteiger charge is -2.27. The number of nitrogens with zero attached hydrogens (tertiary/aromatic N) is 1. The SMILES string of the molecule is O[B]Oc1ccc(N(c2ccc(-c3ccccc3)cc2)c2ccc3c(c2)oc2ccccc23)c2ccccc12. The van der Waals surface area contributed by atoms with E-state index in [2.05, 4.69) is 83.8 Å². The smallest absolute Gasteiger partial charge is 0.537 e. The Morgan fingerprint density at radius 2 is 1.18 bits per heavy atom. The standard InChI is InChI=1S/C34H23BNO3/c37-35-39-33-21-20-31(27-10-4-5-11-28(27)33)36(25-16-14-24(15-17-25)23-8-2-1-3-9-23)26-18-19-30-29-12-6-7-13-32(29)38-34(30)22-26/h1-22,37H. The van der Waals surface area contributed by atoms with Crippen molar-refractivity contribution in [3.05, 3.63) is 133 Å². The second kappa shape index (κ2) is 9.71. The zero-order valence-electron chi connectivity index (χ0n) is 21.0. The van der Waals surface area contributed by atoms with Crippen LogP contribution in [-0.4, -0.2) is 12.7 Å². The molecule has 0 aliphatic rings. The lowest BCUT2D eigenvalue weighted by atomic mass is 10.0. The summed E-state index contributed by atoms with van der Waals surface area (Å²) < 4.78 is 11.7. The van der Waals surface area contributed by atoms with Gasteiger partial charge in [0.05, 0.1) is 5.69 Å². The first kappa shape index (κ1) is 23.1. The van der Waals surface area contributed by atoms with Gasteiger partial charge in [-0.2, -0.15) is 0 Å². The molecule has 0 aliphatic carbocycles. The Balaban J connectivity index is 1.43. The third-order valence-electron chi connectivity index (χ3n) is 7.13. The predicted molar refractivity (Wildman–Crippen MR) is 160 cm³/mol. The Hall–Kier alpha value is -5.00. The summed E-state index contributed by atoms with van der Waals surface area (Å²) in [6, 6.07) is 45.4. The van der Waals surface area contributed by atoms with Crippen LogP contribution in [0, 0.1) is 0 Å². The number of hydrogen-bond donors (Lipinski definition) is 1. The van der Waals surface area contributed by atoms with Crippen LogP contribution in [0.3, 0.4) is 0 Å². The summed E-state index contributed by atoms with van der Waals surface area (Å²) in [6.45, 7) is 0. The van der Waals surface area contributed by atoms with Gasteiger partial charge >= 0.3 is 7.69 Å². The molecular formula is C34H23BNO3. The molecule has 1 radical (unpaired) electrons. The molecule has 4 nitrogen and oxygen atoms in total. The second-order valence-corrected chi connectivity index (χ2v) is 9.38. The first-order valence-corrected chi connectivity index (χ1v) is 12.8. The highest BCUT2D eigenvalue weighted by Gasteiger charge is 2.19. The highest BCUT2D eigenvalue weighted by molar-refractivity contribution is 6.18. The molecule has 1 aromatic heterocycles. The van der Waals surface area contributed by atoms with Gasteiger partial charge in [0, 0.05) is 39.0 Å². The normalized spacial score (nSPS) is 11.2. The number of fused-ring (bicyclic) bond motifs is 4. The van der Waals surface area contributed by atoms with E-state index in [0.29, 0.717) is 5.75 Å². The van der Waals surface area contributed by atoms with Crippen molar-refractivity contribution >= 4 is 57.5 Å². The van der Waals surface area contributed by atoms with Gasteiger partial charge in [0.2, 0.25) is 0 Å². The number of benzene rings is 6. The van der Waals surface area contributed by atoms with Gasteiger partial charge in [-0.3, -0.25) is 0 Å². The van der Waals surface area contributed by atoms with Crippen molar-refractivity contribution in [1.29, 1.82) is 0 Å². The number of hydrogen-bond acceptors (Lipinski definition) is 4. The molecule has 0 amide bonds. The molecule has 0 spiro atoms. The highest BCUT2D eigenvalue weighted by atomic mass is 16.5. The quantitative estimate of drug-likeness (QED) is 0.230. The van der Waals surface area contributed by atoms with Crippen molar-refractivity contribution in [2.24, 2.45) is 0 Å². The molecule has 0 bridgehead atoms. The van der Waals surface area contributed by atoms with E-state index in [1.54, 1.807) is 0 Å². The molecule has 0 atom stereocenters. The molecule has 39 heavy (non-hydrogen) atoms. The minimum atomic E-state index is 0.587. The van der Waals surface area contributed by atoms with E-state index in [-0.39, 0.29) is 0 Å². The maximum atomic E-state index is 9.33. The maximum Gasteiger partial charge on any atom is 0.569 e. The van der Waals surface area contributed by atoms with Crippen molar-refractivity contribution in [3.63, 3.8) is 0 Å². The Morgan fingerprint density at radius 3 is 1.97 bits per heavy atom. The lowest BCUT2D eigenvalue weighted by molar-refractivity contribution is 0.457. The molecule has 7 aromatic rings. The van der Waals surface area contributed by atoms with Crippen molar-refractivity contribution in [1.82, 2.24) is 0 Å². The zero-order chi connectivity index (χ0) is 26.2. The van der Waals surface area contributed by atoms with E-state index in [0.717, 1.165) is 63.0 Å². The average Bonchev–Trinajstić information content (AvgIpc) is 3.37. The Bertz CT molecular complexity index is 1930. The average molecular weight is 504 g/mol. The van der Waals surface area contributed by atoms with Crippen molar-refractivity contribution < 1.29 is 14.1 Å². The fraction of sp³-hybridized carbons (Fsp3) is 0. The van der Waals surface area contributed by atoms with Crippen LogP contribution in [0.4, 0.5) is 17.1 Å². The molecule has 185 valence electrons. The molecule has 7 rings (SSSR count). The van der Waals surface area contributed by atoms with E-state index < -0.39 is 0 Å². The summed E-state index contributed by atoms with van der Waals surface area (Å²) in [7, 11) is 0.719. The summed E-state index contributed by atoms with van der Waals surface area (Å²) in [4.78, 5) is 2.23. The molecular weight excluding hydrogens is 481 g/mol. The predicted octanol–water partition coefficient (Wildman–Crippen LogP) is 8.78. The Morgan fingerprint density at radius 1 is 0.538 bits per heavy atom. The summed E-state index contributed by atoms with van der Waals surface area (Å²) in [6.07, 6.45) is 0. The number of anilines is 3. The fourth-order valence-corrected chi connectivity index (χ4v) is 5.32. The van der Waals surface area contributed by atoms with Crippen molar-refractivity contribution in [2.45, 2.75) is 0 Å². The highest BCUT2D eigenvalue weighted by Crippen LogP contribution is 2.43. The molecule has 0 aliphatic heterocycles. The largest absolute Gasteiger partial charge is 0.569 e. The van der Waals surface area contributed by atoms with Crippen LogP contribution in [0.2, 0.25) is 0 Å². The van der Waals surface area contributed by atoms with Crippen LogP contribution in [0.25, 0.3) is 43.8 Å². The molecule has 1 heterocycles. The van der Waals surface area contributed by atoms with E-state index in [1.807, 2.05) is 54.6 Å². The Labute approximate surface area is 226 Å². The van der Waals surface area contributed by atoms with E-state index in [1.165, 1.54) is 5.56 Å². The molecule has 5 heteroatoms. The van der Waals surface area contributed by atoms with Gasteiger partial charge < -0.3 is 19.0 Å². The minimum absolute atomic E-state index is 0.587. The zero-order valence-corrected chi connectivity index (χ0v) is 21.0. The van der Waals surface area contributed by atoms with Crippen molar-refractivity contribution in [3.8, 4) is 16.9 Å². The number of para-hydroxylation sites is 1. The van der Waals surface area contributed by atoms with Gasteiger partial charge in [0.25, 0.3) is 0 Å². The summed E-state index contributed by atoms with van der Waals surface area (Å²) in [5.41, 5.74) is 7.00. The minimum Gasteiger partial charge on any atom is -0.537 e. The first-order chi connectivity index (χ1) is 19.3. The van der Waals surface area contributed by atoms with Gasteiger partial charge in [0.1, 0.15) is 16.9 Å². The van der Waals surface area contributed by atoms with Gasteiger partial charge in [0.15, 0.2) is 0 Å². The van der Waals surface area contributed by atoms with Crippen molar-refractivity contribution in [2.75, 3.05) is 4.90 Å². The third-order valence-corrected chi connectivity index (χ3v) is 7.13. The van der Waals surface area contributed by atoms with Crippen LogP contribution < -0.4 is 9.55 Å². The molecule has 0 unspecified atom stereocenters. The molecule has 0 saturated carbocycles. The van der Waals surface area contributed by atoms with Crippen LogP contribution in [-0.2, 0) is 0 Å². The first-order valence-electron chi connectivity index (χ1n) is 12.8. The number of furan rings is 1. The summed E-state index contributed by atoms with van der Waals surface area (Å²) in [5, 5.41) is 13.4. The van der Waals surface area contributed by atoms with Gasteiger partial charge in [-0.25, -0.2) is 0 Å². The van der Waals surface area contributed by atoms with Crippen LogP contribution in [0.5, 0.6) is 5.75 Å². The molecule has 0 saturated heterocycles. The van der Waals surface area contributed by atoms with Crippen LogP contribution >= 0.6 is 0 Å². The molecule has 1 N–H and O–H groups in total. The number of rotatable bonds is 6.